The molecule has 4 rings (SSSR count). The summed E-state index contributed by atoms with van der Waals surface area (Å²) in [4.78, 5) is 6.48. The monoisotopic (exact) mass is 501 g/mol. The molecule has 188 valence electrons. The Kier molecular flexibility index (Phi) is 8.88. The molecule has 1 aliphatic rings. The van der Waals surface area contributed by atoms with Crippen molar-refractivity contribution in [2.24, 2.45) is 0 Å². The standard InChI is InChI=1S/C26H31NO7S/c28-10-11-33-27-20-9-8-17(14-19(20)26-25(32)24(31)23(30)21(15-29)34-26)18(22-7-4-12-35-22)13-16-5-2-1-3-6-16/h1-9,12,14,18,21,23-32H,10-11,13,15H2/t18?,21-,23-,24+,25-,26+/m1/s1. The maximum Gasteiger partial charge on any atom is 0.114 e. The third-order valence-electron chi connectivity index (χ3n) is 6.22. The molecule has 2 heterocycles. The molecule has 8 nitrogen and oxygen atoms in total. The first-order chi connectivity index (χ1) is 17.0. The summed E-state index contributed by atoms with van der Waals surface area (Å²) in [6.45, 7) is -0.656. The van der Waals surface area contributed by atoms with Crippen molar-refractivity contribution >= 4 is 17.0 Å². The Hall–Kier alpha value is -2.34. The summed E-state index contributed by atoms with van der Waals surface area (Å²) in [5.41, 5.74) is 5.92. The molecule has 1 aromatic heterocycles. The van der Waals surface area contributed by atoms with E-state index in [0.717, 1.165) is 12.0 Å². The quantitative estimate of drug-likeness (QED) is 0.184. The Morgan fingerprint density at radius 1 is 0.943 bits per heavy atom. The van der Waals surface area contributed by atoms with E-state index in [0.29, 0.717) is 11.3 Å². The number of ether oxygens (including phenoxy) is 1. The summed E-state index contributed by atoms with van der Waals surface area (Å²) in [6, 6.07) is 19.9. The zero-order valence-electron chi connectivity index (χ0n) is 19.1. The fourth-order valence-electron chi connectivity index (χ4n) is 4.38. The number of anilines is 1. The SMILES string of the molecule is OCCONc1ccc(C(Cc2ccccc2)c2cccs2)cc1[C@@H]1O[C@H](CO)[C@@H](O)[C@H](O)[C@H]1O. The molecule has 6 N–H and O–H groups in total. The Labute approximate surface area is 208 Å². The van der Waals surface area contributed by atoms with Crippen molar-refractivity contribution in [3.05, 3.63) is 87.6 Å². The summed E-state index contributed by atoms with van der Waals surface area (Å²) < 4.78 is 5.85. The number of nitrogens with one attached hydrogen (secondary N) is 1. The normalized spacial score (nSPS) is 25.3. The number of hydrogen-bond donors (Lipinski definition) is 6. The largest absolute Gasteiger partial charge is 0.394 e. The molecule has 0 spiro atoms. The van der Waals surface area contributed by atoms with Gasteiger partial charge in [0.15, 0.2) is 0 Å². The van der Waals surface area contributed by atoms with Crippen LogP contribution in [0.15, 0.2) is 66.0 Å². The molecule has 35 heavy (non-hydrogen) atoms. The van der Waals surface area contributed by atoms with Crippen LogP contribution < -0.4 is 5.48 Å². The first-order valence-corrected chi connectivity index (χ1v) is 12.4. The Bertz CT molecular complexity index is 1050. The summed E-state index contributed by atoms with van der Waals surface area (Å²) in [6.07, 6.45) is -5.71. The van der Waals surface area contributed by atoms with E-state index in [2.05, 4.69) is 23.7 Å². The van der Waals surface area contributed by atoms with E-state index in [4.69, 9.17) is 14.7 Å². The van der Waals surface area contributed by atoms with Gasteiger partial charge in [-0.2, -0.15) is 0 Å². The first kappa shape index (κ1) is 25.7. The average Bonchev–Trinajstić information content (AvgIpc) is 3.42. The van der Waals surface area contributed by atoms with Gasteiger partial charge in [0.05, 0.1) is 25.5 Å². The van der Waals surface area contributed by atoms with Crippen molar-refractivity contribution in [2.75, 3.05) is 25.3 Å². The van der Waals surface area contributed by atoms with Crippen LogP contribution in [-0.2, 0) is 16.0 Å². The molecular weight excluding hydrogens is 470 g/mol. The zero-order chi connectivity index (χ0) is 24.8. The molecule has 9 heteroatoms. The molecule has 0 saturated carbocycles. The Morgan fingerprint density at radius 2 is 1.74 bits per heavy atom. The molecule has 1 fully saturated rings. The van der Waals surface area contributed by atoms with E-state index in [9.17, 15) is 20.4 Å². The predicted octanol–water partition coefficient (Wildman–Crippen LogP) is 1.97. The molecule has 3 aromatic rings. The van der Waals surface area contributed by atoms with Gasteiger partial charge in [0.2, 0.25) is 0 Å². The topological polar surface area (TPSA) is 132 Å². The average molecular weight is 502 g/mol. The van der Waals surface area contributed by atoms with Crippen molar-refractivity contribution in [1.29, 1.82) is 0 Å². The highest BCUT2D eigenvalue weighted by molar-refractivity contribution is 7.10. The van der Waals surface area contributed by atoms with Crippen LogP contribution in [0.2, 0.25) is 0 Å². The predicted molar refractivity (Wildman–Crippen MR) is 132 cm³/mol. The lowest BCUT2D eigenvalue weighted by Gasteiger charge is -2.41. The lowest BCUT2D eigenvalue weighted by Crippen LogP contribution is -2.55. The fraction of sp³-hybridized carbons (Fsp3) is 0.385. The van der Waals surface area contributed by atoms with Crippen LogP contribution in [0.1, 0.15) is 33.6 Å². The highest BCUT2D eigenvalue weighted by Gasteiger charge is 2.44. The van der Waals surface area contributed by atoms with Gasteiger partial charge in [0.1, 0.15) is 30.5 Å². The maximum atomic E-state index is 10.8. The molecule has 0 bridgehead atoms. The molecule has 2 aromatic carbocycles. The van der Waals surface area contributed by atoms with Crippen LogP contribution in [0, 0.1) is 0 Å². The second-order valence-electron chi connectivity index (χ2n) is 8.53. The minimum Gasteiger partial charge on any atom is -0.394 e. The number of thiophene rings is 1. The van der Waals surface area contributed by atoms with Gasteiger partial charge in [-0.15, -0.1) is 11.3 Å². The van der Waals surface area contributed by atoms with Crippen molar-refractivity contribution in [3.63, 3.8) is 0 Å². The summed E-state index contributed by atoms with van der Waals surface area (Å²) in [7, 11) is 0. The van der Waals surface area contributed by atoms with Crippen molar-refractivity contribution in [2.45, 2.75) is 42.9 Å². The zero-order valence-corrected chi connectivity index (χ0v) is 19.9. The van der Waals surface area contributed by atoms with Crippen LogP contribution in [0.25, 0.3) is 0 Å². The maximum absolute atomic E-state index is 10.8. The van der Waals surface area contributed by atoms with E-state index in [1.807, 2.05) is 41.8 Å². The van der Waals surface area contributed by atoms with Gasteiger partial charge in [-0.3, -0.25) is 10.3 Å². The summed E-state index contributed by atoms with van der Waals surface area (Å²) in [5.74, 6) is 0.0217. The van der Waals surface area contributed by atoms with Crippen LogP contribution in [0.5, 0.6) is 0 Å². The van der Waals surface area contributed by atoms with Gasteiger partial charge in [0.25, 0.3) is 0 Å². The Morgan fingerprint density at radius 3 is 2.43 bits per heavy atom. The van der Waals surface area contributed by atoms with Gasteiger partial charge in [-0.1, -0.05) is 48.5 Å². The van der Waals surface area contributed by atoms with Crippen LogP contribution in [0.4, 0.5) is 5.69 Å². The Balaban J connectivity index is 1.74. The molecule has 0 radical (unpaired) electrons. The molecular formula is C26H31NO7S. The lowest BCUT2D eigenvalue weighted by molar-refractivity contribution is -0.231. The van der Waals surface area contributed by atoms with Gasteiger partial charge in [0, 0.05) is 16.4 Å². The van der Waals surface area contributed by atoms with Crippen molar-refractivity contribution in [3.8, 4) is 0 Å². The number of aliphatic hydroxyl groups is 5. The lowest BCUT2D eigenvalue weighted by atomic mass is 9.86. The number of hydrogen-bond acceptors (Lipinski definition) is 9. The number of benzene rings is 2. The van der Waals surface area contributed by atoms with E-state index in [1.54, 1.807) is 17.4 Å². The number of rotatable bonds is 10. The molecule has 1 saturated heterocycles. The minimum absolute atomic E-state index is 0.0217. The minimum atomic E-state index is -1.50. The van der Waals surface area contributed by atoms with E-state index >= 15 is 0 Å². The highest BCUT2D eigenvalue weighted by atomic mass is 32.1. The van der Waals surface area contributed by atoms with Crippen LogP contribution in [0.3, 0.4) is 0 Å². The molecule has 1 unspecified atom stereocenters. The van der Waals surface area contributed by atoms with Gasteiger partial charge >= 0.3 is 0 Å². The molecule has 1 aliphatic heterocycles. The first-order valence-electron chi connectivity index (χ1n) is 11.5. The smallest absolute Gasteiger partial charge is 0.114 e. The summed E-state index contributed by atoms with van der Waals surface area (Å²) >= 11 is 1.66. The van der Waals surface area contributed by atoms with Crippen LogP contribution >= 0.6 is 11.3 Å². The highest BCUT2D eigenvalue weighted by Crippen LogP contribution is 2.40. The van der Waals surface area contributed by atoms with Gasteiger partial charge < -0.3 is 30.3 Å². The fourth-order valence-corrected chi connectivity index (χ4v) is 5.24. The third kappa shape index (κ3) is 5.91. The molecule has 0 aliphatic carbocycles. The second-order valence-corrected chi connectivity index (χ2v) is 9.51. The van der Waals surface area contributed by atoms with Gasteiger partial charge in [-0.05, 0) is 35.1 Å². The number of aliphatic hydroxyl groups excluding tert-OH is 5. The van der Waals surface area contributed by atoms with E-state index < -0.39 is 37.1 Å². The molecule has 6 atom stereocenters. The van der Waals surface area contributed by atoms with Crippen molar-refractivity contribution in [1.82, 2.24) is 0 Å². The second kappa shape index (κ2) is 12.1. The van der Waals surface area contributed by atoms with Gasteiger partial charge in [-0.25, -0.2) is 0 Å². The molecule has 0 amide bonds. The van der Waals surface area contributed by atoms with E-state index in [-0.39, 0.29) is 19.1 Å². The van der Waals surface area contributed by atoms with E-state index in [1.165, 1.54) is 10.4 Å². The third-order valence-corrected chi connectivity index (χ3v) is 7.21. The summed E-state index contributed by atoms with van der Waals surface area (Å²) in [5, 5.41) is 52.2. The van der Waals surface area contributed by atoms with Crippen LogP contribution in [-0.4, -0.2) is 69.8 Å². The van der Waals surface area contributed by atoms with Crippen molar-refractivity contribution < 1.29 is 35.1 Å².